The van der Waals surface area contributed by atoms with Gasteiger partial charge in [0.05, 0.1) is 13.2 Å². The first-order valence-electron chi connectivity index (χ1n) is 11.8. The molecule has 0 aliphatic carbocycles. The number of urea groups is 1. The smallest absolute Gasteiger partial charge is 0.321 e. The summed E-state index contributed by atoms with van der Waals surface area (Å²) in [5.41, 5.74) is 4.51. The lowest BCUT2D eigenvalue weighted by atomic mass is 10.1. The maximum absolute atomic E-state index is 13.1. The van der Waals surface area contributed by atoms with Crippen LogP contribution in [0.15, 0.2) is 66.9 Å². The molecule has 1 aliphatic heterocycles. The fourth-order valence-electron chi connectivity index (χ4n) is 4.61. The summed E-state index contributed by atoms with van der Waals surface area (Å²) in [5.74, 6) is 0.785. The van der Waals surface area contributed by atoms with Crippen LogP contribution in [-0.4, -0.2) is 60.0 Å². The lowest BCUT2D eigenvalue weighted by molar-refractivity contribution is 0.176. The average Bonchev–Trinajstić information content (AvgIpc) is 3.29. The number of methoxy groups -OCH3 is 1. The van der Waals surface area contributed by atoms with Crippen molar-refractivity contribution in [1.29, 1.82) is 0 Å². The van der Waals surface area contributed by atoms with Crippen molar-refractivity contribution in [3.05, 3.63) is 66.9 Å². The number of piperidine rings is 1. The molecule has 5 rings (SSSR count). The first kappa shape index (κ1) is 22.7. The van der Waals surface area contributed by atoms with Crippen LogP contribution in [0.3, 0.4) is 0 Å². The number of benzene rings is 2. The van der Waals surface area contributed by atoms with Gasteiger partial charge in [-0.05, 0) is 55.3 Å². The number of likely N-dealkylation sites (tertiary alicyclic amines) is 1. The molecule has 8 nitrogen and oxygen atoms in total. The summed E-state index contributed by atoms with van der Waals surface area (Å²) < 4.78 is 7.41. The molecule has 3 heterocycles. The van der Waals surface area contributed by atoms with Crippen LogP contribution in [0.2, 0.25) is 0 Å². The number of aromatic nitrogens is 3. The van der Waals surface area contributed by atoms with Gasteiger partial charge in [-0.25, -0.2) is 14.5 Å². The number of fused-ring (bicyclic) bond motifs is 1. The van der Waals surface area contributed by atoms with Crippen LogP contribution in [-0.2, 0) is 0 Å². The van der Waals surface area contributed by atoms with E-state index < -0.39 is 0 Å². The molecule has 1 aliphatic rings. The van der Waals surface area contributed by atoms with E-state index in [9.17, 15) is 4.79 Å². The molecule has 35 heavy (non-hydrogen) atoms. The molecular weight excluding hydrogens is 440 g/mol. The highest BCUT2D eigenvalue weighted by Crippen LogP contribution is 2.33. The molecular formula is C27H30N6O2. The third-order valence-electron chi connectivity index (χ3n) is 6.45. The molecule has 8 heteroatoms. The van der Waals surface area contributed by atoms with E-state index in [-0.39, 0.29) is 12.1 Å². The Bertz CT molecular complexity index is 1350. The van der Waals surface area contributed by atoms with E-state index in [1.807, 2.05) is 89.2 Å². The number of amides is 2. The third kappa shape index (κ3) is 4.64. The van der Waals surface area contributed by atoms with Crippen LogP contribution < -0.4 is 15.0 Å². The van der Waals surface area contributed by atoms with Gasteiger partial charge in [-0.2, -0.15) is 5.10 Å². The summed E-state index contributed by atoms with van der Waals surface area (Å²) in [6, 6.07) is 19.7. The summed E-state index contributed by atoms with van der Waals surface area (Å²) in [6.07, 6.45) is 3.63. The zero-order valence-electron chi connectivity index (χ0n) is 20.3. The van der Waals surface area contributed by atoms with Crippen LogP contribution in [0.4, 0.5) is 16.2 Å². The van der Waals surface area contributed by atoms with E-state index >= 15 is 0 Å². The number of ether oxygens (including phenoxy) is 1. The second-order valence-electron chi connectivity index (χ2n) is 9.02. The summed E-state index contributed by atoms with van der Waals surface area (Å²) >= 11 is 0. The minimum absolute atomic E-state index is 0.0411. The van der Waals surface area contributed by atoms with E-state index in [0.717, 1.165) is 52.3 Å². The van der Waals surface area contributed by atoms with Gasteiger partial charge in [0.1, 0.15) is 11.4 Å². The topological polar surface area (TPSA) is 75.5 Å². The lowest BCUT2D eigenvalue weighted by Gasteiger charge is -2.33. The van der Waals surface area contributed by atoms with Crippen molar-refractivity contribution in [2.45, 2.75) is 18.9 Å². The number of nitrogens with zero attached hydrogens (tertiary/aromatic N) is 5. The van der Waals surface area contributed by atoms with Crippen molar-refractivity contribution in [2.75, 3.05) is 44.5 Å². The van der Waals surface area contributed by atoms with Gasteiger partial charge < -0.3 is 19.9 Å². The number of hydrogen-bond acceptors (Lipinski definition) is 5. The number of rotatable bonds is 5. The summed E-state index contributed by atoms with van der Waals surface area (Å²) in [4.78, 5) is 21.7. The van der Waals surface area contributed by atoms with Crippen LogP contribution in [0.5, 0.6) is 5.75 Å². The Hall–Kier alpha value is -4.07. The van der Waals surface area contributed by atoms with E-state index in [0.29, 0.717) is 13.1 Å². The maximum Gasteiger partial charge on any atom is 0.321 e. The quantitative estimate of drug-likeness (QED) is 0.442. The highest BCUT2D eigenvalue weighted by Gasteiger charge is 2.28. The SMILES string of the molecule is COc1cccc(-c2nn([C@@H]3CCCN(C(=O)Nc4cccc(N(C)C)c4)C3)c3ncccc23)c1. The van der Waals surface area contributed by atoms with Crippen LogP contribution in [0.25, 0.3) is 22.3 Å². The molecule has 0 saturated carbocycles. The minimum atomic E-state index is -0.0944. The maximum atomic E-state index is 13.1. The van der Waals surface area contributed by atoms with Crippen molar-refractivity contribution in [3.63, 3.8) is 0 Å². The number of anilines is 2. The summed E-state index contributed by atoms with van der Waals surface area (Å²) in [5, 5.41) is 9.05. The van der Waals surface area contributed by atoms with E-state index in [1.54, 1.807) is 13.3 Å². The van der Waals surface area contributed by atoms with Crippen molar-refractivity contribution < 1.29 is 9.53 Å². The summed E-state index contributed by atoms with van der Waals surface area (Å²) in [7, 11) is 5.63. The predicted octanol–water partition coefficient (Wildman–Crippen LogP) is 5.04. The number of carbonyl (C=O) groups excluding carboxylic acids is 1. The molecule has 0 spiro atoms. The van der Waals surface area contributed by atoms with Crippen LogP contribution in [0, 0.1) is 0 Å². The zero-order valence-corrected chi connectivity index (χ0v) is 20.3. The molecule has 1 fully saturated rings. The first-order valence-corrected chi connectivity index (χ1v) is 11.8. The molecule has 2 aromatic carbocycles. The van der Waals surface area contributed by atoms with Gasteiger partial charge in [0, 0.05) is 55.7 Å². The molecule has 1 atom stereocenters. The Morgan fingerprint density at radius 3 is 2.80 bits per heavy atom. The zero-order chi connectivity index (χ0) is 24.4. The molecule has 1 N–H and O–H groups in total. The number of hydrogen-bond donors (Lipinski definition) is 1. The van der Waals surface area contributed by atoms with Gasteiger partial charge >= 0.3 is 6.03 Å². The van der Waals surface area contributed by atoms with E-state index in [2.05, 4.69) is 10.3 Å². The van der Waals surface area contributed by atoms with Gasteiger partial charge in [-0.1, -0.05) is 18.2 Å². The largest absolute Gasteiger partial charge is 0.497 e. The molecule has 0 bridgehead atoms. The second kappa shape index (κ2) is 9.66. The van der Waals surface area contributed by atoms with Crippen molar-refractivity contribution in [2.24, 2.45) is 0 Å². The molecule has 180 valence electrons. The fraction of sp³-hybridized carbons (Fsp3) is 0.296. The highest BCUT2D eigenvalue weighted by molar-refractivity contribution is 5.92. The first-order chi connectivity index (χ1) is 17.0. The molecule has 2 aromatic heterocycles. The van der Waals surface area contributed by atoms with Gasteiger partial charge in [-0.3, -0.25) is 0 Å². The average molecular weight is 471 g/mol. The Labute approximate surface area is 205 Å². The number of nitrogens with one attached hydrogen (secondary N) is 1. The molecule has 4 aromatic rings. The van der Waals surface area contributed by atoms with Gasteiger partial charge in [0.25, 0.3) is 0 Å². The normalized spacial score (nSPS) is 15.7. The molecule has 1 saturated heterocycles. The fourth-order valence-corrected chi connectivity index (χ4v) is 4.61. The second-order valence-corrected chi connectivity index (χ2v) is 9.02. The summed E-state index contributed by atoms with van der Waals surface area (Å²) in [6.45, 7) is 1.29. The van der Waals surface area contributed by atoms with E-state index in [1.165, 1.54) is 0 Å². The predicted molar refractivity (Wildman–Crippen MR) is 139 cm³/mol. The standard InChI is InChI=1S/C27H30N6O2/c1-31(2)21-10-5-9-20(17-21)29-27(34)32-15-7-11-22(18-32)33-26-24(13-6-14-28-26)25(30-33)19-8-4-12-23(16-19)35-3/h4-6,8-10,12-14,16-17,22H,7,11,15,18H2,1-3H3,(H,29,34)/t22-/m1/s1. The van der Waals surface area contributed by atoms with Crippen molar-refractivity contribution in [3.8, 4) is 17.0 Å². The monoisotopic (exact) mass is 470 g/mol. The van der Waals surface area contributed by atoms with E-state index in [4.69, 9.17) is 9.84 Å². The minimum Gasteiger partial charge on any atom is -0.497 e. The molecule has 2 amide bonds. The lowest BCUT2D eigenvalue weighted by Crippen LogP contribution is -2.43. The van der Waals surface area contributed by atoms with Crippen molar-refractivity contribution >= 4 is 28.4 Å². The number of carbonyl (C=O) groups is 1. The van der Waals surface area contributed by atoms with Crippen LogP contribution in [0.1, 0.15) is 18.9 Å². The van der Waals surface area contributed by atoms with Gasteiger partial charge in [0.15, 0.2) is 5.65 Å². The Kier molecular flexibility index (Phi) is 6.27. The Morgan fingerprint density at radius 1 is 1.11 bits per heavy atom. The number of pyridine rings is 1. The van der Waals surface area contributed by atoms with Gasteiger partial charge in [0.2, 0.25) is 0 Å². The molecule has 0 radical (unpaired) electrons. The van der Waals surface area contributed by atoms with Crippen LogP contribution >= 0.6 is 0 Å². The molecule has 0 unspecified atom stereocenters. The van der Waals surface area contributed by atoms with Crippen molar-refractivity contribution in [1.82, 2.24) is 19.7 Å². The highest BCUT2D eigenvalue weighted by atomic mass is 16.5. The van der Waals surface area contributed by atoms with Gasteiger partial charge in [-0.15, -0.1) is 0 Å². The Balaban J connectivity index is 1.40. The third-order valence-corrected chi connectivity index (χ3v) is 6.45. The Morgan fingerprint density at radius 2 is 1.97 bits per heavy atom.